The molecule has 0 aliphatic heterocycles. The smallest absolute Gasteiger partial charge is 0.147 e. The molecule has 0 aliphatic rings. The fourth-order valence-corrected chi connectivity index (χ4v) is 0.216. The molecule has 3 heteroatoms. The molecule has 0 amide bonds. The van der Waals surface area contributed by atoms with E-state index in [-0.39, 0.29) is 0 Å². The highest BCUT2D eigenvalue weighted by molar-refractivity contribution is 7.78. The zero-order valence-electron chi connectivity index (χ0n) is 4.18. The van der Waals surface area contributed by atoms with E-state index < -0.39 is 0 Å². The lowest BCUT2D eigenvalue weighted by Crippen LogP contribution is -1.86. The SMILES string of the molecule is CCOCN=C=S. The second kappa shape index (κ2) is 5.76. The Morgan fingerprint density at radius 3 is 3.00 bits per heavy atom. The molecule has 0 atom stereocenters. The molecule has 0 N–H and O–H groups in total. The molecule has 0 rings (SSSR count). The fraction of sp³-hybridized carbons (Fsp3) is 0.750. The monoisotopic (exact) mass is 117 g/mol. The van der Waals surface area contributed by atoms with Crippen molar-refractivity contribution >= 4 is 17.4 Å². The van der Waals surface area contributed by atoms with Crippen molar-refractivity contribution in [3.05, 3.63) is 0 Å². The molecule has 0 aromatic rings. The van der Waals surface area contributed by atoms with Crippen LogP contribution >= 0.6 is 12.2 Å². The van der Waals surface area contributed by atoms with Crippen LogP contribution in [0.25, 0.3) is 0 Å². The lowest BCUT2D eigenvalue weighted by Gasteiger charge is -1.87. The van der Waals surface area contributed by atoms with E-state index in [0.29, 0.717) is 13.3 Å². The van der Waals surface area contributed by atoms with Gasteiger partial charge in [-0.25, -0.2) is 4.99 Å². The predicted octanol–water partition coefficient (Wildman–Crippen LogP) is 1.08. The largest absolute Gasteiger partial charge is 0.359 e. The van der Waals surface area contributed by atoms with Gasteiger partial charge in [0.2, 0.25) is 0 Å². The summed E-state index contributed by atoms with van der Waals surface area (Å²) in [6.07, 6.45) is 0. The van der Waals surface area contributed by atoms with Gasteiger partial charge < -0.3 is 4.74 Å². The normalized spacial score (nSPS) is 7.57. The zero-order valence-corrected chi connectivity index (χ0v) is 4.99. The summed E-state index contributed by atoms with van der Waals surface area (Å²) in [5.74, 6) is 0. The van der Waals surface area contributed by atoms with Gasteiger partial charge in [0, 0.05) is 6.61 Å². The fourth-order valence-electron chi connectivity index (χ4n) is 0.163. The van der Waals surface area contributed by atoms with E-state index in [1.807, 2.05) is 6.92 Å². The molecule has 0 heterocycles. The van der Waals surface area contributed by atoms with Gasteiger partial charge in [0.1, 0.15) is 6.73 Å². The Bertz CT molecular complexity index is 77.8. The van der Waals surface area contributed by atoms with Gasteiger partial charge in [0.15, 0.2) is 0 Å². The number of rotatable bonds is 3. The molecule has 2 nitrogen and oxygen atoms in total. The molecule has 0 aromatic carbocycles. The van der Waals surface area contributed by atoms with Gasteiger partial charge in [-0.05, 0) is 19.1 Å². The molecular weight excluding hydrogens is 110 g/mol. The first-order chi connectivity index (χ1) is 3.41. The van der Waals surface area contributed by atoms with Crippen molar-refractivity contribution in [3.8, 4) is 0 Å². The molecular formula is C4H7NOS. The maximum absolute atomic E-state index is 4.78. The van der Waals surface area contributed by atoms with Crippen molar-refractivity contribution < 1.29 is 4.74 Å². The first-order valence-electron chi connectivity index (χ1n) is 2.03. The molecule has 0 aromatic heterocycles. The number of ether oxygens (including phenoxy) is 1. The average molecular weight is 117 g/mol. The topological polar surface area (TPSA) is 21.6 Å². The minimum absolute atomic E-state index is 0.347. The summed E-state index contributed by atoms with van der Waals surface area (Å²) in [4.78, 5) is 3.50. The summed E-state index contributed by atoms with van der Waals surface area (Å²) in [5.41, 5.74) is 0. The van der Waals surface area contributed by atoms with E-state index in [2.05, 4.69) is 22.4 Å². The summed E-state index contributed by atoms with van der Waals surface area (Å²) in [6, 6.07) is 0. The van der Waals surface area contributed by atoms with E-state index in [1.54, 1.807) is 0 Å². The molecule has 0 radical (unpaired) electrons. The van der Waals surface area contributed by atoms with Crippen LogP contribution in [0.5, 0.6) is 0 Å². The maximum atomic E-state index is 4.78. The molecule has 0 bridgehead atoms. The van der Waals surface area contributed by atoms with Crippen molar-refractivity contribution in [1.82, 2.24) is 0 Å². The molecule has 7 heavy (non-hydrogen) atoms. The van der Waals surface area contributed by atoms with Crippen LogP contribution in [0.3, 0.4) is 0 Å². The number of isothiocyanates is 1. The summed E-state index contributed by atoms with van der Waals surface area (Å²) in [5, 5.41) is 2.19. The van der Waals surface area contributed by atoms with Crippen molar-refractivity contribution in [2.45, 2.75) is 6.92 Å². The molecule has 0 spiro atoms. The number of aliphatic imine (C=N–C) groups is 1. The van der Waals surface area contributed by atoms with Crippen molar-refractivity contribution in [3.63, 3.8) is 0 Å². The molecule has 0 unspecified atom stereocenters. The van der Waals surface area contributed by atoms with Gasteiger partial charge in [-0.1, -0.05) is 0 Å². The Balaban J connectivity index is 2.83. The van der Waals surface area contributed by atoms with Crippen LogP contribution < -0.4 is 0 Å². The molecule has 0 saturated carbocycles. The van der Waals surface area contributed by atoms with Gasteiger partial charge in [0.05, 0.1) is 5.16 Å². The van der Waals surface area contributed by atoms with Gasteiger partial charge in [0.25, 0.3) is 0 Å². The standard InChI is InChI=1S/C4H7NOS/c1-2-6-3-5-4-7/h2-3H2,1H3. The van der Waals surface area contributed by atoms with Crippen molar-refractivity contribution in [2.24, 2.45) is 4.99 Å². The second-order valence-electron chi connectivity index (χ2n) is 0.871. The van der Waals surface area contributed by atoms with E-state index in [1.165, 1.54) is 0 Å². The minimum Gasteiger partial charge on any atom is -0.359 e. The van der Waals surface area contributed by atoms with Gasteiger partial charge in [-0.3, -0.25) is 0 Å². The third-order valence-corrected chi connectivity index (χ3v) is 0.554. The number of thiocarbonyl (C=S) groups is 1. The molecule has 0 aliphatic carbocycles. The van der Waals surface area contributed by atoms with Gasteiger partial charge in [-0.15, -0.1) is 0 Å². The van der Waals surface area contributed by atoms with E-state index in [4.69, 9.17) is 4.74 Å². The first kappa shape index (κ1) is 6.76. The van der Waals surface area contributed by atoms with Crippen LogP contribution in [-0.4, -0.2) is 18.5 Å². The van der Waals surface area contributed by atoms with Crippen LogP contribution in [-0.2, 0) is 4.74 Å². The lowest BCUT2D eigenvalue weighted by atomic mass is 10.9. The highest BCUT2D eigenvalue weighted by atomic mass is 32.1. The Morgan fingerprint density at radius 2 is 2.57 bits per heavy atom. The summed E-state index contributed by atoms with van der Waals surface area (Å²) >= 11 is 4.27. The van der Waals surface area contributed by atoms with Gasteiger partial charge >= 0.3 is 0 Å². The Labute approximate surface area is 48.2 Å². The minimum atomic E-state index is 0.347. The Kier molecular flexibility index (Phi) is 5.56. The molecule has 40 valence electrons. The van der Waals surface area contributed by atoms with E-state index in [0.717, 1.165) is 0 Å². The van der Waals surface area contributed by atoms with Crippen LogP contribution in [0.2, 0.25) is 0 Å². The average Bonchev–Trinajstić information content (AvgIpc) is 1.69. The van der Waals surface area contributed by atoms with Crippen molar-refractivity contribution in [1.29, 1.82) is 0 Å². The predicted molar refractivity (Wildman–Crippen MR) is 31.5 cm³/mol. The lowest BCUT2D eigenvalue weighted by molar-refractivity contribution is 0.157. The van der Waals surface area contributed by atoms with Crippen molar-refractivity contribution in [2.75, 3.05) is 13.3 Å². The van der Waals surface area contributed by atoms with Crippen LogP contribution in [0, 0.1) is 0 Å². The molecule has 0 saturated heterocycles. The summed E-state index contributed by atoms with van der Waals surface area (Å²) < 4.78 is 4.78. The highest BCUT2D eigenvalue weighted by Gasteiger charge is 1.70. The number of hydrogen-bond acceptors (Lipinski definition) is 3. The van der Waals surface area contributed by atoms with E-state index in [9.17, 15) is 0 Å². The second-order valence-corrected chi connectivity index (χ2v) is 1.05. The zero-order chi connectivity index (χ0) is 5.54. The Hall–Kier alpha value is -0.240. The quantitative estimate of drug-likeness (QED) is 0.313. The number of nitrogens with zero attached hydrogens (tertiary/aromatic N) is 1. The van der Waals surface area contributed by atoms with E-state index >= 15 is 0 Å². The Morgan fingerprint density at radius 1 is 1.86 bits per heavy atom. The highest BCUT2D eigenvalue weighted by Crippen LogP contribution is 1.69. The van der Waals surface area contributed by atoms with Crippen LogP contribution in [0.4, 0.5) is 0 Å². The number of hydrogen-bond donors (Lipinski definition) is 0. The summed E-state index contributed by atoms with van der Waals surface area (Å²) in [6.45, 7) is 2.93. The van der Waals surface area contributed by atoms with Gasteiger partial charge in [-0.2, -0.15) is 0 Å². The summed E-state index contributed by atoms with van der Waals surface area (Å²) in [7, 11) is 0. The third-order valence-electron chi connectivity index (χ3n) is 0.425. The first-order valence-corrected chi connectivity index (χ1v) is 2.44. The third kappa shape index (κ3) is 5.76. The van der Waals surface area contributed by atoms with Crippen LogP contribution in [0.1, 0.15) is 6.92 Å². The van der Waals surface area contributed by atoms with Crippen LogP contribution in [0.15, 0.2) is 4.99 Å². The maximum Gasteiger partial charge on any atom is 0.147 e. The molecule has 0 fully saturated rings.